The molecular weight excluding hydrogens is 370 g/mol. The van der Waals surface area contributed by atoms with E-state index in [1.807, 2.05) is 49.5 Å². The number of aromatic nitrogens is 5. The monoisotopic (exact) mass is 391 g/mol. The van der Waals surface area contributed by atoms with Gasteiger partial charge in [0.05, 0.1) is 23.5 Å². The number of fused-ring (bicyclic) bond motifs is 1. The fraction of sp³-hybridized carbons (Fsp3) is 0.200. The zero-order valence-electron chi connectivity index (χ0n) is 15.9. The van der Waals surface area contributed by atoms with Crippen LogP contribution in [0, 0.1) is 0 Å². The summed E-state index contributed by atoms with van der Waals surface area (Å²) in [5.74, 6) is 0.885. The first-order valence-electron chi connectivity index (χ1n) is 9.26. The topological polar surface area (TPSA) is 110 Å². The van der Waals surface area contributed by atoms with Gasteiger partial charge in [-0.25, -0.2) is 9.78 Å². The number of carbonyl (C=O) groups is 1. The number of amides is 2. The third-order valence-corrected chi connectivity index (χ3v) is 4.42. The molecule has 29 heavy (non-hydrogen) atoms. The molecule has 0 saturated carbocycles. The van der Waals surface area contributed by atoms with E-state index in [1.165, 1.54) is 0 Å². The van der Waals surface area contributed by atoms with Crippen LogP contribution in [-0.2, 0) is 6.54 Å². The quantitative estimate of drug-likeness (QED) is 0.448. The van der Waals surface area contributed by atoms with Crippen LogP contribution in [0.5, 0.6) is 5.88 Å². The van der Waals surface area contributed by atoms with Gasteiger partial charge in [-0.1, -0.05) is 30.3 Å². The molecule has 0 spiro atoms. The first kappa shape index (κ1) is 18.5. The zero-order valence-corrected chi connectivity index (χ0v) is 15.9. The number of urea groups is 1. The Morgan fingerprint density at radius 2 is 2.14 bits per heavy atom. The lowest BCUT2D eigenvalue weighted by atomic mass is 10.1. The number of pyridine rings is 1. The highest BCUT2D eigenvalue weighted by atomic mass is 16.5. The Bertz CT molecular complexity index is 1080. The molecule has 0 aliphatic carbocycles. The van der Waals surface area contributed by atoms with E-state index in [0.29, 0.717) is 24.8 Å². The molecule has 1 aromatic carbocycles. The van der Waals surface area contributed by atoms with Crippen LogP contribution in [-0.4, -0.2) is 37.6 Å². The first-order valence-corrected chi connectivity index (χ1v) is 9.26. The van der Waals surface area contributed by atoms with Crippen LogP contribution < -0.4 is 15.4 Å². The number of H-pyrrole nitrogens is 1. The largest absolute Gasteiger partial charge is 0.474 e. The molecule has 148 valence electrons. The summed E-state index contributed by atoms with van der Waals surface area (Å²) < 4.78 is 7.49. The lowest BCUT2D eigenvalue weighted by Crippen LogP contribution is -2.31. The number of benzene rings is 1. The number of carbonyl (C=O) groups excluding carboxylic acids is 1. The van der Waals surface area contributed by atoms with Crippen LogP contribution in [0.3, 0.4) is 0 Å². The van der Waals surface area contributed by atoms with Gasteiger partial charge in [0.2, 0.25) is 5.88 Å². The van der Waals surface area contributed by atoms with Gasteiger partial charge < -0.3 is 10.1 Å². The van der Waals surface area contributed by atoms with Crippen LogP contribution in [0.2, 0.25) is 0 Å². The Morgan fingerprint density at radius 3 is 2.93 bits per heavy atom. The van der Waals surface area contributed by atoms with Gasteiger partial charge in [-0.3, -0.25) is 15.1 Å². The fourth-order valence-corrected chi connectivity index (χ4v) is 2.91. The van der Waals surface area contributed by atoms with Gasteiger partial charge >= 0.3 is 6.03 Å². The third-order valence-electron chi connectivity index (χ3n) is 4.42. The van der Waals surface area contributed by atoms with E-state index in [4.69, 9.17) is 4.74 Å². The summed E-state index contributed by atoms with van der Waals surface area (Å²) in [6.07, 6.45) is 5.21. The Hall–Kier alpha value is -3.88. The molecule has 2 amide bonds. The van der Waals surface area contributed by atoms with E-state index in [9.17, 15) is 4.79 Å². The molecule has 4 aromatic rings. The molecule has 0 radical (unpaired) electrons. The maximum Gasteiger partial charge on any atom is 0.320 e. The summed E-state index contributed by atoms with van der Waals surface area (Å²) in [5, 5.41) is 17.6. The molecule has 3 heterocycles. The molecular formula is C20H21N7O2. The van der Waals surface area contributed by atoms with Crippen molar-refractivity contribution in [3.05, 3.63) is 66.6 Å². The maximum atomic E-state index is 12.3. The van der Waals surface area contributed by atoms with Gasteiger partial charge in [0.25, 0.3) is 0 Å². The van der Waals surface area contributed by atoms with Gasteiger partial charge in [0.1, 0.15) is 12.4 Å². The van der Waals surface area contributed by atoms with E-state index >= 15 is 0 Å². The van der Waals surface area contributed by atoms with E-state index < -0.39 is 0 Å². The van der Waals surface area contributed by atoms with Crippen molar-refractivity contribution in [1.82, 2.24) is 30.3 Å². The van der Waals surface area contributed by atoms with Crippen LogP contribution in [0.1, 0.15) is 18.5 Å². The number of rotatable bonds is 7. The fourth-order valence-electron chi connectivity index (χ4n) is 2.91. The second-order valence-corrected chi connectivity index (χ2v) is 6.49. The number of nitrogens with zero attached hydrogens (tertiary/aromatic N) is 4. The number of anilines is 1. The van der Waals surface area contributed by atoms with Gasteiger partial charge in [-0.15, -0.1) is 5.10 Å². The van der Waals surface area contributed by atoms with Gasteiger partial charge in [0, 0.05) is 24.7 Å². The molecule has 4 rings (SSSR count). The van der Waals surface area contributed by atoms with Crippen LogP contribution >= 0.6 is 0 Å². The number of aromatic amines is 1. The van der Waals surface area contributed by atoms with E-state index in [-0.39, 0.29) is 12.1 Å². The van der Waals surface area contributed by atoms with Crippen molar-refractivity contribution in [2.45, 2.75) is 19.5 Å². The summed E-state index contributed by atoms with van der Waals surface area (Å²) in [4.78, 5) is 16.6. The highest BCUT2D eigenvalue weighted by Gasteiger charge is 2.12. The predicted octanol–water partition coefficient (Wildman–Crippen LogP) is 3.12. The summed E-state index contributed by atoms with van der Waals surface area (Å²) in [7, 11) is 0. The first-order chi connectivity index (χ1) is 14.2. The van der Waals surface area contributed by atoms with Crippen LogP contribution in [0.15, 0.2) is 61.1 Å². The summed E-state index contributed by atoms with van der Waals surface area (Å²) in [6.45, 7) is 2.98. The molecule has 9 nitrogen and oxygen atoms in total. The molecule has 3 N–H and O–H groups in total. The standard InChI is InChI=1S/C20H21N7O2/c1-14(15-6-3-2-4-7-15)23-20(28)24-18-12-17-16(13-21-18)19(26-25-17)29-11-10-27-9-5-8-22-27/h2-9,12-14H,10-11H2,1H3,(H,25,26)(H2,21,23,24,28)/t14-/m1/s1. The van der Waals surface area contributed by atoms with Crippen molar-refractivity contribution in [2.75, 3.05) is 11.9 Å². The van der Waals surface area contributed by atoms with Crippen molar-refractivity contribution in [3.63, 3.8) is 0 Å². The average molecular weight is 391 g/mol. The minimum atomic E-state index is -0.330. The smallest absolute Gasteiger partial charge is 0.320 e. The van der Waals surface area contributed by atoms with Crippen molar-refractivity contribution in [1.29, 1.82) is 0 Å². The Kier molecular flexibility index (Phi) is 5.37. The van der Waals surface area contributed by atoms with Crippen molar-refractivity contribution in [2.24, 2.45) is 0 Å². The second kappa shape index (κ2) is 8.42. The van der Waals surface area contributed by atoms with Crippen molar-refractivity contribution < 1.29 is 9.53 Å². The second-order valence-electron chi connectivity index (χ2n) is 6.49. The maximum absolute atomic E-state index is 12.3. The molecule has 0 bridgehead atoms. The molecule has 0 aliphatic rings. The highest BCUT2D eigenvalue weighted by molar-refractivity contribution is 5.92. The SMILES string of the molecule is C[C@@H](NC(=O)Nc1cc2[nH]nc(OCCn3cccn3)c2cn1)c1ccccc1. The Balaban J connectivity index is 1.35. The normalized spacial score (nSPS) is 11.9. The summed E-state index contributed by atoms with van der Waals surface area (Å²) >= 11 is 0. The molecule has 0 saturated heterocycles. The van der Waals surface area contributed by atoms with Gasteiger partial charge in [0.15, 0.2) is 0 Å². The number of ether oxygens (including phenoxy) is 1. The summed E-state index contributed by atoms with van der Waals surface area (Å²) in [6, 6.07) is 12.9. The van der Waals surface area contributed by atoms with E-state index in [1.54, 1.807) is 23.1 Å². The lowest BCUT2D eigenvalue weighted by Gasteiger charge is -2.14. The minimum absolute atomic E-state index is 0.123. The predicted molar refractivity (Wildman–Crippen MR) is 109 cm³/mol. The lowest BCUT2D eigenvalue weighted by molar-refractivity contribution is 0.249. The Morgan fingerprint density at radius 1 is 1.28 bits per heavy atom. The molecule has 0 aliphatic heterocycles. The van der Waals surface area contributed by atoms with Crippen LogP contribution in [0.25, 0.3) is 10.9 Å². The van der Waals surface area contributed by atoms with Crippen molar-refractivity contribution >= 4 is 22.8 Å². The molecule has 0 fully saturated rings. The number of hydrogen-bond donors (Lipinski definition) is 3. The zero-order chi connectivity index (χ0) is 20.1. The molecule has 3 aromatic heterocycles. The molecule has 9 heteroatoms. The average Bonchev–Trinajstić information content (AvgIpc) is 3.38. The highest BCUT2D eigenvalue weighted by Crippen LogP contribution is 2.23. The molecule has 1 atom stereocenters. The van der Waals surface area contributed by atoms with Gasteiger partial charge in [-0.05, 0) is 18.6 Å². The van der Waals surface area contributed by atoms with Crippen LogP contribution in [0.4, 0.5) is 10.6 Å². The van der Waals surface area contributed by atoms with Gasteiger partial charge in [-0.2, -0.15) is 5.10 Å². The molecule has 0 unspecified atom stereocenters. The van der Waals surface area contributed by atoms with E-state index in [0.717, 1.165) is 16.5 Å². The number of nitrogens with one attached hydrogen (secondary N) is 3. The third kappa shape index (κ3) is 4.52. The van der Waals surface area contributed by atoms with E-state index in [2.05, 4.69) is 30.9 Å². The Labute approximate surface area is 167 Å². The minimum Gasteiger partial charge on any atom is -0.474 e. The summed E-state index contributed by atoms with van der Waals surface area (Å²) in [5.41, 5.74) is 1.75. The number of hydrogen-bond acceptors (Lipinski definition) is 5. The van der Waals surface area contributed by atoms with Crippen molar-refractivity contribution in [3.8, 4) is 5.88 Å².